The lowest BCUT2D eigenvalue weighted by molar-refractivity contribution is 0.0696. The van der Waals surface area contributed by atoms with Gasteiger partial charge in [-0.05, 0) is 60.2 Å². The molecule has 4 rings (SSSR count). The quantitative estimate of drug-likeness (QED) is 0.408. The van der Waals surface area contributed by atoms with Gasteiger partial charge in [-0.1, -0.05) is 35.3 Å². The van der Waals surface area contributed by atoms with Gasteiger partial charge < -0.3 is 14.3 Å². The van der Waals surface area contributed by atoms with Crippen LogP contribution in [0.5, 0.6) is 5.75 Å². The Hall–Kier alpha value is -3.28. The molecule has 5 nitrogen and oxygen atoms in total. The average Bonchev–Trinajstić information content (AvgIpc) is 2.74. The van der Waals surface area contributed by atoms with Gasteiger partial charge in [0.05, 0.1) is 10.9 Å². The Bertz CT molecular complexity index is 1310. The van der Waals surface area contributed by atoms with Gasteiger partial charge in [0.25, 0.3) is 0 Å². The molecule has 7 heteroatoms. The Morgan fingerprint density at radius 3 is 2.43 bits per heavy atom. The van der Waals surface area contributed by atoms with Crippen molar-refractivity contribution < 1.29 is 19.1 Å². The highest BCUT2D eigenvalue weighted by Gasteiger charge is 2.18. The van der Waals surface area contributed by atoms with Crippen molar-refractivity contribution in [3.05, 3.63) is 98.1 Å². The van der Waals surface area contributed by atoms with Gasteiger partial charge in [-0.25, -0.2) is 4.79 Å². The SMILES string of the molecule is O=C(O)c1cccc(COc2c(-c3ccc(Cl)cc3)oc3ccc(Cl)cc3c2=O)c1. The third kappa shape index (κ3) is 4.03. The van der Waals surface area contributed by atoms with E-state index in [0.717, 1.165) is 0 Å². The lowest BCUT2D eigenvalue weighted by atomic mass is 10.1. The molecule has 1 N–H and O–H groups in total. The Kier molecular flexibility index (Phi) is 5.48. The van der Waals surface area contributed by atoms with E-state index in [2.05, 4.69) is 0 Å². The molecule has 4 aromatic rings. The normalized spacial score (nSPS) is 10.9. The maximum Gasteiger partial charge on any atom is 0.335 e. The molecule has 1 heterocycles. The van der Waals surface area contributed by atoms with E-state index in [1.165, 1.54) is 18.2 Å². The van der Waals surface area contributed by atoms with E-state index in [-0.39, 0.29) is 34.5 Å². The predicted octanol–water partition coefficient (Wildman–Crippen LogP) is 6.04. The van der Waals surface area contributed by atoms with Crippen LogP contribution in [-0.2, 0) is 6.61 Å². The van der Waals surface area contributed by atoms with Crippen LogP contribution in [0, 0.1) is 0 Å². The van der Waals surface area contributed by atoms with E-state index in [1.54, 1.807) is 48.5 Å². The van der Waals surface area contributed by atoms with Crippen LogP contribution in [-0.4, -0.2) is 11.1 Å². The van der Waals surface area contributed by atoms with E-state index in [0.29, 0.717) is 26.8 Å². The van der Waals surface area contributed by atoms with Crippen molar-refractivity contribution in [3.63, 3.8) is 0 Å². The number of hydrogen-bond donors (Lipinski definition) is 1. The molecule has 0 spiro atoms. The lowest BCUT2D eigenvalue weighted by Crippen LogP contribution is -2.10. The molecule has 0 aliphatic heterocycles. The number of carboxylic acids is 1. The van der Waals surface area contributed by atoms with Gasteiger partial charge in [0.15, 0.2) is 5.76 Å². The topological polar surface area (TPSA) is 76.7 Å². The fourth-order valence-electron chi connectivity index (χ4n) is 3.02. The first-order valence-electron chi connectivity index (χ1n) is 8.90. The summed E-state index contributed by atoms with van der Waals surface area (Å²) >= 11 is 12.0. The Labute approximate surface area is 181 Å². The number of carboxylic acid groups (broad SMARTS) is 1. The van der Waals surface area contributed by atoms with E-state index < -0.39 is 5.97 Å². The lowest BCUT2D eigenvalue weighted by Gasteiger charge is -2.12. The summed E-state index contributed by atoms with van der Waals surface area (Å²) in [5, 5.41) is 10.4. The number of aromatic carboxylic acids is 1. The first kappa shape index (κ1) is 20.0. The highest BCUT2D eigenvalue weighted by molar-refractivity contribution is 6.31. The van der Waals surface area contributed by atoms with Crippen LogP contribution in [0.25, 0.3) is 22.3 Å². The molecule has 30 heavy (non-hydrogen) atoms. The zero-order valence-electron chi connectivity index (χ0n) is 15.4. The fraction of sp³-hybridized carbons (Fsp3) is 0.0435. The fourth-order valence-corrected chi connectivity index (χ4v) is 3.32. The summed E-state index contributed by atoms with van der Waals surface area (Å²) in [5.74, 6) is -0.785. The van der Waals surface area contributed by atoms with Crippen LogP contribution in [0.15, 0.2) is 75.9 Å². The summed E-state index contributed by atoms with van der Waals surface area (Å²) in [4.78, 5) is 24.4. The van der Waals surface area contributed by atoms with Crippen LogP contribution in [0.1, 0.15) is 15.9 Å². The van der Waals surface area contributed by atoms with Crippen molar-refractivity contribution in [2.75, 3.05) is 0 Å². The summed E-state index contributed by atoms with van der Waals surface area (Å²) in [6.07, 6.45) is 0. The van der Waals surface area contributed by atoms with Crippen molar-refractivity contribution >= 4 is 40.1 Å². The number of halogens is 2. The second-order valence-electron chi connectivity index (χ2n) is 6.53. The number of carbonyl (C=O) groups is 1. The molecule has 0 fully saturated rings. The Morgan fingerprint density at radius 2 is 1.70 bits per heavy atom. The summed E-state index contributed by atoms with van der Waals surface area (Å²) in [6.45, 7) is -0.0153. The summed E-state index contributed by atoms with van der Waals surface area (Å²) in [7, 11) is 0. The van der Waals surface area contributed by atoms with Gasteiger partial charge in [-0.15, -0.1) is 0 Å². The van der Waals surface area contributed by atoms with Crippen molar-refractivity contribution in [2.45, 2.75) is 6.61 Å². The molecular weight excluding hydrogens is 427 g/mol. The smallest absolute Gasteiger partial charge is 0.335 e. The molecule has 0 aliphatic rings. The van der Waals surface area contributed by atoms with Crippen molar-refractivity contribution in [3.8, 4) is 17.1 Å². The van der Waals surface area contributed by atoms with Crippen LogP contribution < -0.4 is 10.2 Å². The van der Waals surface area contributed by atoms with Crippen LogP contribution in [0.2, 0.25) is 10.0 Å². The molecule has 1 aromatic heterocycles. The predicted molar refractivity (Wildman–Crippen MR) is 116 cm³/mol. The van der Waals surface area contributed by atoms with Gasteiger partial charge in [-0.3, -0.25) is 4.79 Å². The van der Waals surface area contributed by atoms with E-state index >= 15 is 0 Å². The van der Waals surface area contributed by atoms with Crippen LogP contribution >= 0.6 is 23.2 Å². The van der Waals surface area contributed by atoms with Crippen molar-refractivity contribution in [1.82, 2.24) is 0 Å². The summed E-state index contributed by atoms with van der Waals surface area (Å²) < 4.78 is 11.8. The molecule has 150 valence electrons. The zero-order chi connectivity index (χ0) is 21.3. The number of hydrogen-bond acceptors (Lipinski definition) is 4. The highest BCUT2D eigenvalue weighted by Crippen LogP contribution is 2.32. The number of benzene rings is 3. The number of rotatable bonds is 5. The summed E-state index contributed by atoms with van der Waals surface area (Å²) in [6, 6.07) is 17.9. The zero-order valence-corrected chi connectivity index (χ0v) is 16.9. The Morgan fingerprint density at radius 1 is 0.967 bits per heavy atom. The third-order valence-corrected chi connectivity index (χ3v) is 4.96. The second kappa shape index (κ2) is 8.22. The van der Waals surface area contributed by atoms with E-state index in [4.69, 9.17) is 37.5 Å². The Balaban J connectivity index is 1.82. The molecule has 0 unspecified atom stereocenters. The minimum atomic E-state index is -1.04. The largest absolute Gasteiger partial charge is 0.481 e. The molecule has 0 amide bonds. The molecule has 3 aromatic carbocycles. The van der Waals surface area contributed by atoms with E-state index in [9.17, 15) is 9.59 Å². The van der Waals surface area contributed by atoms with E-state index in [1.807, 2.05) is 0 Å². The molecule has 0 bridgehead atoms. The van der Waals surface area contributed by atoms with Crippen molar-refractivity contribution in [1.29, 1.82) is 0 Å². The van der Waals surface area contributed by atoms with Crippen LogP contribution in [0.3, 0.4) is 0 Å². The van der Waals surface area contributed by atoms with Gasteiger partial charge in [-0.2, -0.15) is 0 Å². The van der Waals surface area contributed by atoms with Gasteiger partial charge in [0.2, 0.25) is 11.2 Å². The monoisotopic (exact) mass is 440 g/mol. The van der Waals surface area contributed by atoms with Crippen molar-refractivity contribution in [2.24, 2.45) is 0 Å². The molecule has 0 radical (unpaired) electrons. The third-order valence-electron chi connectivity index (χ3n) is 4.47. The molecule has 0 atom stereocenters. The maximum absolute atomic E-state index is 13.2. The summed E-state index contributed by atoms with van der Waals surface area (Å²) in [5.41, 5.74) is 1.34. The minimum Gasteiger partial charge on any atom is -0.481 e. The molecular formula is C23H14Cl2O5. The second-order valence-corrected chi connectivity index (χ2v) is 7.40. The van der Waals surface area contributed by atoms with Gasteiger partial charge in [0.1, 0.15) is 12.2 Å². The first-order chi connectivity index (χ1) is 14.4. The number of fused-ring (bicyclic) bond motifs is 1. The number of ether oxygens (including phenoxy) is 1. The van der Waals surface area contributed by atoms with Gasteiger partial charge in [0, 0.05) is 15.6 Å². The molecule has 0 aliphatic carbocycles. The maximum atomic E-state index is 13.2. The molecule has 0 saturated heterocycles. The highest BCUT2D eigenvalue weighted by atomic mass is 35.5. The average molecular weight is 441 g/mol. The van der Waals surface area contributed by atoms with Crippen LogP contribution in [0.4, 0.5) is 0 Å². The first-order valence-corrected chi connectivity index (χ1v) is 9.65. The van der Waals surface area contributed by atoms with Gasteiger partial charge >= 0.3 is 5.97 Å². The minimum absolute atomic E-state index is 0.00724. The molecule has 0 saturated carbocycles. The standard InChI is InChI=1S/C23H14Cl2O5/c24-16-6-4-14(5-7-16)21-22(20(26)18-11-17(25)8-9-19(18)30-21)29-12-13-2-1-3-15(10-13)23(27)28/h1-11H,12H2,(H,27,28).